The summed E-state index contributed by atoms with van der Waals surface area (Å²) in [6.07, 6.45) is 3.73. The number of hydrogen-bond acceptors (Lipinski definition) is 3. The molecular formula is C13H20ClN3. The number of alkyl halides is 1. The highest BCUT2D eigenvalue weighted by Crippen LogP contribution is 2.30. The molecule has 2 rings (SSSR count). The molecule has 2 heterocycles. The lowest BCUT2D eigenvalue weighted by Gasteiger charge is -2.23. The Morgan fingerprint density at radius 3 is 2.71 bits per heavy atom. The molecule has 94 valence electrons. The molecular weight excluding hydrogens is 234 g/mol. The molecule has 0 aliphatic carbocycles. The van der Waals surface area contributed by atoms with Gasteiger partial charge in [0.2, 0.25) is 0 Å². The Hall–Kier alpha value is -0.830. The van der Waals surface area contributed by atoms with E-state index in [4.69, 9.17) is 11.6 Å². The molecule has 1 aliphatic rings. The van der Waals surface area contributed by atoms with E-state index in [2.05, 4.69) is 28.9 Å². The Labute approximate surface area is 108 Å². The van der Waals surface area contributed by atoms with E-state index in [1.54, 1.807) is 0 Å². The van der Waals surface area contributed by atoms with Crippen LogP contribution in [-0.2, 0) is 5.88 Å². The summed E-state index contributed by atoms with van der Waals surface area (Å²) in [4.78, 5) is 2.33. The molecule has 0 atom stereocenters. The quantitative estimate of drug-likeness (QED) is 0.758. The summed E-state index contributed by atoms with van der Waals surface area (Å²) in [6.45, 7) is 6.85. The Morgan fingerprint density at radius 1 is 1.24 bits per heavy atom. The number of anilines is 1. The van der Waals surface area contributed by atoms with E-state index in [0.29, 0.717) is 11.3 Å². The van der Waals surface area contributed by atoms with Crippen LogP contribution in [0.4, 0.5) is 5.82 Å². The van der Waals surface area contributed by atoms with Crippen LogP contribution in [0.5, 0.6) is 0 Å². The number of rotatable bonds is 2. The van der Waals surface area contributed by atoms with Crippen molar-refractivity contribution in [3.63, 3.8) is 0 Å². The molecule has 4 heteroatoms. The van der Waals surface area contributed by atoms with Crippen LogP contribution in [0.25, 0.3) is 0 Å². The van der Waals surface area contributed by atoms with Gasteiger partial charge in [-0.15, -0.1) is 16.7 Å². The predicted molar refractivity (Wildman–Crippen MR) is 71.4 cm³/mol. The molecule has 0 bridgehead atoms. The lowest BCUT2D eigenvalue weighted by molar-refractivity contribution is 0.325. The average Bonchev–Trinajstić information content (AvgIpc) is 2.50. The lowest BCUT2D eigenvalue weighted by Crippen LogP contribution is -2.26. The molecule has 0 N–H and O–H groups in total. The normalized spacial score (nSPS) is 20.1. The third-order valence-electron chi connectivity index (χ3n) is 3.51. The summed E-state index contributed by atoms with van der Waals surface area (Å²) in [7, 11) is 0. The molecule has 0 radical (unpaired) electrons. The van der Waals surface area contributed by atoms with Crippen molar-refractivity contribution in [1.82, 2.24) is 10.2 Å². The molecule has 1 fully saturated rings. The van der Waals surface area contributed by atoms with Crippen molar-refractivity contribution in [2.24, 2.45) is 5.41 Å². The van der Waals surface area contributed by atoms with Gasteiger partial charge in [-0.25, -0.2) is 0 Å². The van der Waals surface area contributed by atoms with Gasteiger partial charge in [0.25, 0.3) is 0 Å². The van der Waals surface area contributed by atoms with Crippen LogP contribution in [0.3, 0.4) is 0 Å². The molecule has 0 saturated carbocycles. The van der Waals surface area contributed by atoms with Crippen molar-refractivity contribution >= 4 is 17.4 Å². The Balaban J connectivity index is 2.06. The van der Waals surface area contributed by atoms with Crippen molar-refractivity contribution < 1.29 is 0 Å². The summed E-state index contributed by atoms with van der Waals surface area (Å²) in [5.41, 5.74) is 1.30. The highest BCUT2D eigenvalue weighted by molar-refractivity contribution is 6.16. The fraction of sp³-hybridized carbons (Fsp3) is 0.692. The van der Waals surface area contributed by atoms with Crippen molar-refractivity contribution in [2.45, 2.75) is 39.0 Å². The molecule has 1 aromatic heterocycles. The third-order valence-corrected chi connectivity index (χ3v) is 3.78. The Bertz CT molecular complexity index is 361. The number of nitrogens with zero attached hydrogens (tertiary/aromatic N) is 3. The molecule has 1 aliphatic heterocycles. The number of halogens is 1. The fourth-order valence-corrected chi connectivity index (χ4v) is 2.39. The van der Waals surface area contributed by atoms with E-state index < -0.39 is 0 Å². The van der Waals surface area contributed by atoms with Gasteiger partial charge in [-0.2, -0.15) is 5.10 Å². The maximum Gasteiger partial charge on any atom is 0.151 e. The summed E-state index contributed by atoms with van der Waals surface area (Å²) < 4.78 is 0. The van der Waals surface area contributed by atoms with Gasteiger partial charge in [-0.1, -0.05) is 13.8 Å². The third kappa shape index (κ3) is 3.32. The zero-order valence-electron chi connectivity index (χ0n) is 10.6. The maximum atomic E-state index is 5.71. The topological polar surface area (TPSA) is 29.0 Å². The molecule has 1 aromatic rings. The zero-order chi connectivity index (χ0) is 12.3. The highest BCUT2D eigenvalue weighted by atomic mass is 35.5. The van der Waals surface area contributed by atoms with Gasteiger partial charge in [-0.05, 0) is 36.8 Å². The van der Waals surface area contributed by atoms with Crippen molar-refractivity contribution in [3.8, 4) is 0 Å². The Morgan fingerprint density at radius 2 is 2.06 bits per heavy atom. The second kappa shape index (κ2) is 5.21. The van der Waals surface area contributed by atoms with Crippen LogP contribution < -0.4 is 4.90 Å². The van der Waals surface area contributed by atoms with Crippen molar-refractivity contribution in [1.29, 1.82) is 0 Å². The van der Waals surface area contributed by atoms with Gasteiger partial charge in [0, 0.05) is 13.1 Å². The van der Waals surface area contributed by atoms with E-state index in [1.807, 2.05) is 12.1 Å². The van der Waals surface area contributed by atoms with Crippen LogP contribution in [0.1, 0.15) is 38.8 Å². The first-order chi connectivity index (χ1) is 8.11. The number of aromatic nitrogens is 2. The zero-order valence-corrected chi connectivity index (χ0v) is 11.4. The van der Waals surface area contributed by atoms with Gasteiger partial charge < -0.3 is 4.90 Å². The van der Waals surface area contributed by atoms with Crippen LogP contribution in [-0.4, -0.2) is 23.3 Å². The summed E-state index contributed by atoms with van der Waals surface area (Å²) in [5.74, 6) is 1.41. The second-order valence-corrected chi connectivity index (χ2v) is 5.79. The van der Waals surface area contributed by atoms with Gasteiger partial charge in [0.1, 0.15) is 0 Å². The largest absolute Gasteiger partial charge is 0.355 e. The predicted octanol–water partition coefficient (Wildman–Crippen LogP) is 3.23. The SMILES string of the molecule is CC1(C)CCCN(c2ccc(CCl)nn2)CC1. The monoisotopic (exact) mass is 253 g/mol. The first-order valence-corrected chi connectivity index (χ1v) is 6.78. The van der Waals surface area contributed by atoms with Crippen LogP contribution >= 0.6 is 11.6 Å². The molecule has 3 nitrogen and oxygen atoms in total. The first-order valence-electron chi connectivity index (χ1n) is 6.24. The van der Waals surface area contributed by atoms with Gasteiger partial charge in [0.05, 0.1) is 11.6 Å². The smallest absolute Gasteiger partial charge is 0.151 e. The van der Waals surface area contributed by atoms with E-state index in [1.165, 1.54) is 19.3 Å². The van der Waals surface area contributed by atoms with Crippen molar-refractivity contribution in [3.05, 3.63) is 17.8 Å². The van der Waals surface area contributed by atoms with Crippen LogP contribution in [0.2, 0.25) is 0 Å². The molecule has 0 amide bonds. The summed E-state index contributed by atoms with van der Waals surface area (Å²) in [5, 5.41) is 8.37. The van der Waals surface area contributed by atoms with E-state index >= 15 is 0 Å². The summed E-state index contributed by atoms with van der Waals surface area (Å²) in [6, 6.07) is 3.99. The van der Waals surface area contributed by atoms with Crippen LogP contribution in [0, 0.1) is 5.41 Å². The van der Waals surface area contributed by atoms with E-state index in [0.717, 1.165) is 24.6 Å². The Kier molecular flexibility index (Phi) is 3.87. The van der Waals surface area contributed by atoms with Crippen molar-refractivity contribution in [2.75, 3.05) is 18.0 Å². The molecule has 17 heavy (non-hydrogen) atoms. The standard InChI is InChI=1S/C13H20ClN3/c1-13(2)6-3-8-17(9-7-13)12-5-4-11(10-14)15-16-12/h4-5H,3,6-10H2,1-2H3. The minimum Gasteiger partial charge on any atom is -0.355 e. The minimum atomic E-state index is 0.431. The lowest BCUT2D eigenvalue weighted by atomic mass is 9.85. The molecule has 0 aromatic carbocycles. The van der Waals surface area contributed by atoms with E-state index in [9.17, 15) is 0 Å². The molecule has 0 spiro atoms. The second-order valence-electron chi connectivity index (χ2n) is 5.52. The maximum absolute atomic E-state index is 5.71. The minimum absolute atomic E-state index is 0.431. The average molecular weight is 254 g/mol. The first kappa shape index (κ1) is 12.6. The van der Waals surface area contributed by atoms with E-state index in [-0.39, 0.29) is 0 Å². The van der Waals surface area contributed by atoms with Gasteiger partial charge in [0.15, 0.2) is 5.82 Å². The summed E-state index contributed by atoms with van der Waals surface area (Å²) >= 11 is 5.71. The van der Waals surface area contributed by atoms with Gasteiger partial charge in [-0.3, -0.25) is 0 Å². The molecule has 1 saturated heterocycles. The van der Waals surface area contributed by atoms with Crippen LogP contribution in [0.15, 0.2) is 12.1 Å². The number of hydrogen-bond donors (Lipinski definition) is 0. The molecule has 0 unspecified atom stereocenters. The highest BCUT2D eigenvalue weighted by Gasteiger charge is 2.23. The fourth-order valence-electron chi connectivity index (χ4n) is 2.24. The van der Waals surface area contributed by atoms with Gasteiger partial charge >= 0.3 is 0 Å².